The molecule has 1 nitrogen and oxygen atoms in total. The second-order valence-corrected chi connectivity index (χ2v) is 6.74. The molecule has 0 amide bonds. The summed E-state index contributed by atoms with van der Waals surface area (Å²) in [6.45, 7) is 10.0. The average molecular weight is 226 g/mol. The van der Waals surface area contributed by atoms with Gasteiger partial charge >= 0.3 is 0 Å². The highest BCUT2D eigenvalue weighted by atomic mass is 16.5. The number of rotatable bonds is 5. The van der Waals surface area contributed by atoms with Crippen LogP contribution in [0, 0.1) is 11.3 Å². The largest absolute Gasteiger partial charge is 0.378 e. The van der Waals surface area contributed by atoms with Gasteiger partial charge in [-0.25, -0.2) is 0 Å². The highest BCUT2D eigenvalue weighted by Gasteiger charge is 2.17. The van der Waals surface area contributed by atoms with Crippen LogP contribution in [0.3, 0.4) is 0 Å². The molecule has 16 heavy (non-hydrogen) atoms. The Balaban J connectivity index is 2.05. The van der Waals surface area contributed by atoms with Gasteiger partial charge in [0.2, 0.25) is 0 Å². The van der Waals surface area contributed by atoms with E-state index in [1.165, 1.54) is 38.5 Å². The van der Waals surface area contributed by atoms with E-state index in [2.05, 4.69) is 27.7 Å². The molecule has 0 aromatic carbocycles. The molecule has 0 N–H and O–H groups in total. The zero-order chi connectivity index (χ0) is 12.0. The molecule has 0 aromatic rings. The van der Waals surface area contributed by atoms with Crippen molar-refractivity contribution in [3.05, 3.63) is 0 Å². The molecule has 0 spiro atoms. The van der Waals surface area contributed by atoms with E-state index in [0.717, 1.165) is 18.9 Å². The minimum Gasteiger partial charge on any atom is -0.378 e. The van der Waals surface area contributed by atoms with Crippen LogP contribution in [0.15, 0.2) is 0 Å². The van der Waals surface area contributed by atoms with Gasteiger partial charge in [0.25, 0.3) is 0 Å². The van der Waals surface area contributed by atoms with Gasteiger partial charge in [-0.05, 0) is 31.1 Å². The van der Waals surface area contributed by atoms with Crippen LogP contribution in [-0.4, -0.2) is 12.7 Å². The predicted octanol–water partition coefficient (Wildman–Crippen LogP) is 4.80. The maximum atomic E-state index is 5.92. The minimum absolute atomic E-state index is 0.393. The van der Waals surface area contributed by atoms with Gasteiger partial charge in [0.05, 0.1) is 6.10 Å². The third-order valence-corrected chi connectivity index (χ3v) is 3.55. The lowest BCUT2D eigenvalue weighted by Gasteiger charge is -2.25. The Hall–Kier alpha value is -0.0400. The van der Waals surface area contributed by atoms with Gasteiger partial charge in [-0.1, -0.05) is 52.9 Å². The standard InChI is InChI=1S/C15H30O/c1-13(12-15(2,3)4)16-11-10-14-8-6-5-7-9-14/h13-14H,5-12H2,1-4H3. The summed E-state index contributed by atoms with van der Waals surface area (Å²) in [5.41, 5.74) is 0.393. The van der Waals surface area contributed by atoms with Gasteiger partial charge in [-0.3, -0.25) is 0 Å². The van der Waals surface area contributed by atoms with Gasteiger partial charge in [0.1, 0.15) is 0 Å². The topological polar surface area (TPSA) is 9.23 Å². The summed E-state index contributed by atoms with van der Waals surface area (Å²) >= 11 is 0. The Bertz CT molecular complexity index is 174. The van der Waals surface area contributed by atoms with E-state index in [1.807, 2.05) is 0 Å². The van der Waals surface area contributed by atoms with Crippen molar-refractivity contribution in [2.75, 3.05) is 6.61 Å². The zero-order valence-electron chi connectivity index (χ0n) is 11.7. The SMILES string of the molecule is CC(CC(C)(C)C)OCCC1CCCCC1. The summed E-state index contributed by atoms with van der Waals surface area (Å²) in [6.07, 6.45) is 10.1. The van der Waals surface area contributed by atoms with E-state index in [1.54, 1.807) is 0 Å². The maximum absolute atomic E-state index is 5.92. The first-order valence-electron chi connectivity index (χ1n) is 7.09. The van der Waals surface area contributed by atoms with Crippen molar-refractivity contribution in [3.8, 4) is 0 Å². The molecule has 0 radical (unpaired) electrons. The summed E-state index contributed by atoms with van der Waals surface area (Å²) in [7, 11) is 0. The first-order valence-corrected chi connectivity index (χ1v) is 7.09. The Morgan fingerprint density at radius 2 is 1.75 bits per heavy atom. The van der Waals surface area contributed by atoms with Crippen molar-refractivity contribution in [3.63, 3.8) is 0 Å². The Kier molecular flexibility index (Phi) is 5.82. The number of hydrogen-bond donors (Lipinski definition) is 0. The van der Waals surface area contributed by atoms with Crippen LogP contribution in [0.5, 0.6) is 0 Å². The molecule has 0 saturated heterocycles. The van der Waals surface area contributed by atoms with Crippen molar-refractivity contribution in [1.29, 1.82) is 0 Å². The molecule has 1 aliphatic carbocycles. The predicted molar refractivity (Wildman–Crippen MR) is 70.7 cm³/mol. The zero-order valence-corrected chi connectivity index (χ0v) is 11.7. The molecule has 1 atom stereocenters. The van der Waals surface area contributed by atoms with Crippen LogP contribution in [0.4, 0.5) is 0 Å². The molecule has 96 valence electrons. The Labute approximate surface area is 102 Å². The first-order chi connectivity index (χ1) is 7.47. The molecule has 1 rings (SSSR count). The van der Waals surface area contributed by atoms with Crippen molar-refractivity contribution in [2.45, 2.75) is 78.7 Å². The van der Waals surface area contributed by atoms with Crippen molar-refractivity contribution in [2.24, 2.45) is 11.3 Å². The van der Waals surface area contributed by atoms with Crippen molar-refractivity contribution < 1.29 is 4.74 Å². The fraction of sp³-hybridized carbons (Fsp3) is 1.00. The molecule has 0 bridgehead atoms. The number of ether oxygens (including phenoxy) is 1. The van der Waals surface area contributed by atoms with Gasteiger partial charge in [0.15, 0.2) is 0 Å². The van der Waals surface area contributed by atoms with Crippen LogP contribution >= 0.6 is 0 Å². The third-order valence-electron chi connectivity index (χ3n) is 3.55. The molecule has 1 unspecified atom stereocenters. The monoisotopic (exact) mass is 226 g/mol. The molecule has 1 saturated carbocycles. The Morgan fingerprint density at radius 3 is 2.31 bits per heavy atom. The fourth-order valence-electron chi connectivity index (χ4n) is 2.83. The van der Waals surface area contributed by atoms with Gasteiger partial charge in [-0.2, -0.15) is 0 Å². The molecular weight excluding hydrogens is 196 g/mol. The molecular formula is C15H30O. The highest BCUT2D eigenvalue weighted by molar-refractivity contribution is 4.68. The second-order valence-electron chi connectivity index (χ2n) is 6.74. The summed E-state index contributed by atoms with van der Waals surface area (Å²) in [6, 6.07) is 0. The van der Waals surface area contributed by atoms with Crippen LogP contribution in [0.1, 0.15) is 72.6 Å². The van der Waals surface area contributed by atoms with Crippen molar-refractivity contribution in [1.82, 2.24) is 0 Å². The quantitative estimate of drug-likeness (QED) is 0.654. The molecule has 0 heterocycles. The molecule has 1 heteroatoms. The van der Waals surface area contributed by atoms with E-state index in [9.17, 15) is 0 Å². The van der Waals surface area contributed by atoms with E-state index in [0.29, 0.717) is 11.5 Å². The Morgan fingerprint density at radius 1 is 1.12 bits per heavy atom. The molecule has 1 aliphatic rings. The van der Waals surface area contributed by atoms with E-state index in [-0.39, 0.29) is 0 Å². The lowest BCUT2D eigenvalue weighted by atomic mass is 9.87. The van der Waals surface area contributed by atoms with E-state index in [4.69, 9.17) is 4.74 Å². The van der Waals surface area contributed by atoms with Gasteiger partial charge in [-0.15, -0.1) is 0 Å². The summed E-state index contributed by atoms with van der Waals surface area (Å²) in [5, 5.41) is 0. The summed E-state index contributed by atoms with van der Waals surface area (Å²) in [5.74, 6) is 0.954. The normalized spacial score (nSPS) is 21.0. The second kappa shape index (κ2) is 6.64. The van der Waals surface area contributed by atoms with Crippen LogP contribution in [-0.2, 0) is 4.74 Å². The van der Waals surface area contributed by atoms with Gasteiger partial charge in [0, 0.05) is 6.61 Å². The lowest BCUT2D eigenvalue weighted by molar-refractivity contribution is 0.0285. The van der Waals surface area contributed by atoms with Crippen LogP contribution in [0.25, 0.3) is 0 Å². The summed E-state index contributed by atoms with van der Waals surface area (Å²) < 4.78 is 5.92. The van der Waals surface area contributed by atoms with Gasteiger partial charge < -0.3 is 4.74 Å². The van der Waals surface area contributed by atoms with Crippen LogP contribution < -0.4 is 0 Å². The number of hydrogen-bond acceptors (Lipinski definition) is 1. The summed E-state index contributed by atoms with van der Waals surface area (Å²) in [4.78, 5) is 0. The highest BCUT2D eigenvalue weighted by Crippen LogP contribution is 2.27. The minimum atomic E-state index is 0.393. The smallest absolute Gasteiger partial charge is 0.0552 e. The lowest BCUT2D eigenvalue weighted by Crippen LogP contribution is -2.19. The first kappa shape index (κ1) is 14.0. The third kappa shape index (κ3) is 6.52. The van der Waals surface area contributed by atoms with Crippen molar-refractivity contribution >= 4 is 0 Å². The van der Waals surface area contributed by atoms with E-state index < -0.39 is 0 Å². The van der Waals surface area contributed by atoms with Crippen LogP contribution in [0.2, 0.25) is 0 Å². The fourth-order valence-corrected chi connectivity index (χ4v) is 2.83. The average Bonchev–Trinajstić information content (AvgIpc) is 2.16. The molecule has 1 fully saturated rings. The maximum Gasteiger partial charge on any atom is 0.0552 e. The van der Waals surface area contributed by atoms with E-state index >= 15 is 0 Å². The molecule has 0 aromatic heterocycles. The molecule has 0 aliphatic heterocycles.